The lowest BCUT2D eigenvalue weighted by Gasteiger charge is -1.97. The third-order valence-corrected chi connectivity index (χ3v) is 3.26. The Morgan fingerprint density at radius 2 is 2.12 bits per heavy atom. The van der Waals surface area contributed by atoms with Gasteiger partial charge in [-0.2, -0.15) is 5.10 Å². The highest BCUT2D eigenvalue weighted by Gasteiger charge is 2.27. The zero-order chi connectivity index (χ0) is 11.1. The van der Waals surface area contributed by atoms with Crippen molar-refractivity contribution < 1.29 is 0 Å². The zero-order valence-electron chi connectivity index (χ0n) is 8.37. The lowest BCUT2D eigenvalue weighted by atomic mass is 10.2. The Balaban J connectivity index is 2.00. The van der Waals surface area contributed by atoms with Crippen molar-refractivity contribution in [2.75, 3.05) is 0 Å². The largest absolute Gasteiger partial charge is 0.262 e. The van der Waals surface area contributed by atoms with E-state index in [1.807, 2.05) is 18.2 Å². The predicted octanol–water partition coefficient (Wildman–Crippen LogP) is 3.77. The quantitative estimate of drug-likeness (QED) is 0.917. The monoisotopic (exact) mass is 297 g/mol. The van der Waals surface area contributed by atoms with Gasteiger partial charge in [-0.1, -0.05) is 27.5 Å². The molecule has 82 valence electrons. The summed E-state index contributed by atoms with van der Waals surface area (Å²) < 4.78 is 0.938. The first kappa shape index (κ1) is 10.3. The summed E-state index contributed by atoms with van der Waals surface area (Å²) >= 11 is 9.39. The Hall–Kier alpha value is -0.870. The van der Waals surface area contributed by atoms with E-state index in [-0.39, 0.29) is 0 Å². The summed E-state index contributed by atoms with van der Waals surface area (Å²) in [4.78, 5) is 4.48. The van der Waals surface area contributed by atoms with Gasteiger partial charge in [0.1, 0.15) is 5.82 Å². The van der Waals surface area contributed by atoms with Crippen LogP contribution in [0, 0.1) is 0 Å². The minimum Gasteiger partial charge on any atom is -0.262 e. The van der Waals surface area contributed by atoms with E-state index in [0.717, 1.165) is 15.9 Å². The number of H-pyrrole nitrogens is 1. The average Bonchev–Trinajstić information content (AvgIpc) is 2.95. The Kier molecular flexibility index (Phi) is 2.48. The number of rotatable bonds is 2. The van der Waals surface area contributed by atoms with Crippen LogP contribution >= 0.6 is 27.5 Å². The van der Waals surface area contributed by atoms with Gasteiger partial charge < -0.3 is 0 Å². The molecule has 0 radical (unpaired) electrons. The Morgan fingerprint density at radius 3 is 2.81 bits per heavy atom. The van der Waals surface area contributed by atoms with Crippen LogP contribution in [-0.2, 0) is 0 Å². The van der Waals surface area contributed by atoms with Crippen LogP contribution in [-0.4, -0.2) is 15.2 Å². The molecular formula is C11H9BrClN3. The van der Waals surface area contributed by atoms with E-state index in [2.05, 4.69) is 31.1 Å². The molecule has 0 saturated heterocycles. The number of hydrogen-bond donors (Lipinski definition) is 1. The van der Waals surface area contributed by atoms with Gasteiger partial charge in [0.15, 0.2) is 5.82 Å². The standard InChI is InChI=1S/C11H9BrClN3/c12-8-3-7(4-9(13)5-8)11-14-10(15-16-11)6-1-2-6/h3-6H,1-2H2,(H,14,15,16). The Labute approximate surface area is 106 Å². The fourth-order valence-corrected chi connectivity index (χ4v) is 2.49. The lowest BCUT2D eigenvalue weighted by Crippen LogP contribution is -1.83. The van der Waals surface area contributed by atoms with E-state index in [0.29, 0.717) is 16.8 Å². The zero-order valence-corrected chi connectivity index (χ0v) is 10.7. The fourth-order valence-electron chi connectivity index (χ4n) is 1.63. The average molecular weight is 299 g/mol. The van der Waals surface area contributed by atoms with Gasteiger partial charge in [0.05, 0.1) is 0 Å². The van der Waals surface area contributed by atoms with E-state index < -0.39 is 0 Å². The van der Waals surface area contributed by atoms with Crippen LogP contribution in [0.15, 0.2) is 22.7 Å². The van der Waals surface area contributed by atoms with Gasteiger partial charge in [0, 0.05) is 21.0 Å². The maximum atomic E-state index is 5.99. The minimum absolute atomic E-state index is 0.587. The Bertz CT molecular complexity index is 514. The molecule has 0 spiro atoms. The number of nitrogens with zero attached hydrogens (tertiary/aromatic N) is 2. The molecule has 0 aliphatic heterocycles. The van der Waals surface area contributed by atoms with Gasteiger partial charge in [-0.3, -0.25) is 5.10 Å². The summed E-state index contributed by atoms with van der Waals surface area (Å²) in [6.07, 6.45) is 2.43. The molecule has 0 amide bonds. The van der Waals surface area contributed by atoms with Gasteiger partial charge in [-0.05, 0) is 31.0 Å². The molecule has 3 rings (SSSR count). The summed E-state index contributed by atoms with van der Waals surface area (Å²) in [5.74, 6) is 2.29. The van der Waals surface area contributed by atoms with Crippen molar-refractivity contribution in [2.24, 2.45) is 0 Å². The van der Waals surface area contributed by atoms with E-state index in [1.54, 1.807) is 0 Å². The molecule has 3 nitrogen and oxygen atoms in total. The molecule has 1 aliphatic rings. The molecule has 1 N–H and O–H groups in total. The van der Waals surface area contributed by atoms with Gasteiger partial charge >= 0.3 is 0 Å². The first-order valence-electron chi connectivity index (χ1n) is 5.11. The first-order valence-corrected chi connectivity index (χ1v) is 6.28. The Morgan fingerprint density at radius 1 is 1.31 bits per heavy atom. The molecule has 0 atom stereocenters. The first-order chi connectivity index (χ1) is 7.72. The molecule has 5 heteroatoms. The molecule has 0 bridgehead atoms. The van der Waals surface area contributed by atoms with Crippen LogP contribution in [0.4, 0.5) is 0 Å². The van der Waals surface area contributed by atoms with Crippen molar-refractivity contribution in [3.63, 3.8) is 0 Å². The van der Waals surface area contributed by atoms with Crippen molar-refractivity contribution in [1.29, 1.82) is 0 Å². The van der Waals surface area contributed by atoms with Crippen molar-refractivity contribution >= 4 is 27.5 Å². The van der Waals surface area contributed by atoms with Crippen molar-refractivity contribution in [3.8, 4) is 11.4 Å². The third-order valence-electron chi connectivity index (χ3n) is 2.59. The fraction of sp³-hybridized carbons (Fsp3) is 0.273. The topological polar surface area (TPSA) is 41.6 Å². The van der Waals surface area contributed by atoms with Crippen molar-refractivity contribution in [1.82, 2.24) is 15.2 Å². The maximum Gasteiger partial charge on any atom is 0.181 e. The molecule has 1 fully saturated rings. The van der Waals surface area contributed by atoms with Crippen molar-refractivity contribution in [3.05, 3.63) is 33.5 Å². The van der Waals surface area contributed by atoms with E-state index >= 15 is 0 Å². The van der Waals surface area contributed by atoms with Crippen molar-refractivity contribution in [2.45, 2.75) is 18.8 Å². The number of aromatic amines is 1. The van der Waals surface area contributed by atoms with Crippen LogP contribution in [0.25, 0.3) is 11.4 Å². The normalized spacial score (nSPS) is 15.4. The molecule has 1 aromatic carbocycles. The van der Waals surface area contributed by atoms with Crippen LogP contribution in [0.2, 0.25) is 5.02 Å². The highest BCUT2D eigenvalue weighted by Crippen LogP contribution is 2.38. The molecule has 1 aromatic heterocycles. The summed E-state index contributed by atoms with van der Waals surface area (Å²) in [5.41, 5.74) is 0.933. The lowest BCUT2D eigenvalue weighted by molar-refractivity contribution is 0.935. The molecular weight excluding hydrogens is 289 g/mol. The van der Waals surface area contributed by atoms with Crippen LogP contribution in [0.5, 0.6) is 0 Å². The van der Waals surface area contributed by atoms with E-state index in [1.165, 1.54) is 12.8 Å². The number of benzene rings is 1. The number of hydrogen-bond acceptors (Lipinski definition) is 2. The molecule has 16 heavy (non-hydrogen) atoms. The van der Waals surface area contributed by atoms with Gasteiger partial charge in [0.2, 0.25) is 0 Å². The minimum atomic E-state index is 0.587. The third kappa shape index (κ3) is 1.99. The molecule has 1 saturated carbocycles. The summed E-state index contributed by atoms with van der Waals surface area (Å²) in [7, 11) is 0. The summed E-state index contributed by atoms with van der Waals surface area (Å²) in [6, 6.07) is 5.68. The molecule has 1 heterocycles. The highest BCUT2D eigenvalue weighted by molar-refractivity contribution is 9.10. The number of nitrogens with one attached hydrogen (secondary N) is 1. The van der Waals surface area contributed by atoms with E-state index in [4.69, 9.17) is 11.6 Å². The van der Waals surface area contributed by atoms with E-state index in [9.17, 15) is 0 Å². The second kappa shape index (κ2) is 3.86. The molecule has 2 aromatic rings. The molecule has 0 unspecified atom stereocenters. The summed E-state index contributed by atoms with van der Waals surface area (Å²) in [6.45, 7) is 0. The van der Waals surface area contributed by atoms with Crippen LogP contribution in [0.1, 0.15) is 24.6 Å². The van der Waals surface area contributed by atoms with Gasteiger partial charge in [0.25, 0.3) is 0 Å². The predicted molar refractivity (Wildman–Crippen MR) is 66.5 cm³/mol. The van der Waals surface area contributed by atoms with Crippen LogP contribution in [0.3, 0.4) is 0 Å². The second-order valence-corrected chi connectivity index (χ2v) is 5.33. The highest BCUT2D eigenvalue weighted by atomic mass is 79.9. The number of aromatic nitrogens is 3. The SMILES string of the molecule is Clc1cc(Br)cc(-c2n[nH]c(C3CC3)n2)c1. The van der Waals surface area contributed by atoms with Gasteiger partial charge in [-0.25, -0.2) is 4.98 Å². The summed E-state index contributed by atoms with van der Waals surface area (Å²) in [5, 5.41) is 7.88. The molecule has 1 aliphatic carbocycles. The smallest absolute Gasteiger partial charge is 0.181 e. The maximum absolute atomic E-state index is 5.99. The number of halogens is 2. The van der Waals surface area contributed by atoms with Crippen LogP contribution < -0.4 is 0 Å². The second-order valence-electron chi connectivity index (χ2n) is 3.98. The van der Waals surface area contributed by atoms with Gasteiger partial charge in [-0.15, -0.1) is 0 Å².